The van der Waals surface area contributed by atoms with Crippen LogP contribution in [-0.2, 0) is 21.4 Å². The molecule has 0 aliphatic carbocycles. The Morgan fingerprint density at radius 1 is 1.00 bits per heavy atom. The highest BCUT2D eigenvalue weighted by atomic mass is 32.2. The molecule has 1 saturated heterocycles. The van der Waals surface area contributed by atoms with Crippen LogP contribution < -0.4 is 4.31 Å². The Morgan fingerprint density at radius 2 is 1.58 bits per heavy atom. The van der Waals surface area contributed by atoms with E-state index in [-0.39, 0.29) is 5.91 Å². The molecule has 2 aromatic rings. The van der Waals surface area contributed by atoms with E-state index in [9.17, 15) is 13.2 Å². The first-order valence-electron chi connectivity index (χ1n) is 10.8. The lowest BCUT2D eigenvalue weighted by Crippen LogP contribution is -2.55. The number of nitrogens with zero attached hydrogens (tertiary/aromatic N) is 3. The molecule has 1 atom stereocenters. The molecule has 1 aliphatic heterocycles. The minimum absolute atomic E-state index is 0.119. The normalized spacial score (nSPS) is 16.2. The molecular weight excluding hydrogens is 410 g/mol. The predicted octanol–water partition coefficient (Wildman–Crippen LogP) is 3.19. The number of amides is 1. The lowest BCUT2D eigenvalue weighted by Gasteiger charge is -2.39. The standard InChI is InChI=1S/C24H33N3O3S/c1-5-23(27(31(4,29)30)22-16-19(2)15-20(3)17-22)24(28)26-13-11-25(12-14-26)18-21-9-7-6-8-10-21/h6-10,15-17,23H,5,11-14,18H2,1-4H3/t23-/m0/s1. The zero-order valence-corrected chi connectivity index (χ0v) is 19.7. The van der Waals surface area contributed by atoms with E-state index < -0.39 is 16.1 Å². The molecule has 0 unspecified atom stereocenters. The van der Waals surface area contributed by atoms with Crippen LogP contribution in [0.1, 0.15) is 30.0 Å². The fourth-order valence-electron chi connectivity index (χ4n) is 4.30. The van der Waals surface area contributed by atoms with Crippen molar-refractivity contribution in [3.63, 3.8) is 0 Å². The molecule has 7 heteroatoms. The summed E-state index contributed by atoms with van der Waals surface area (Å²) in [5.41, 5.74) is 3.76. The van der Waals surface area contributed by atoms with Crippen molar-refractivity contribution in [2.45, 2.75) is 39.8 Å². The smallest absolute Gasteiger partial charge is 0.246 e. The van der Waals surface area contributed by atoms with Crippen molar-refractivity contribution in [1.29, 1.82) is 0 Å². The van der Waals surface area contributed by atoms with Crippen molar-refractivity contribution in [3.05, 3.63) is 65.2 Å². The van der Waals surface area contributed by atoms with Crippen LogP contribution in [0.5, 0.6) is 0 Å². The van der Waals surface area contributed by atoms with Gasteiger partial charge in [-0.05, 0) is 49.1 Å². The van der Waals surface area contributed by atoms with Gasteiger partial charge >= 0.3 is 0 Å². The van der Waals surface area contributed by atoms with Crippen LogP contribution in [0.4, 0.5) is 5.69 Å². The largest absolute Gasteiger partial charge is 0.338 e. The molecule has 0 aromatic heterocycles. The maximum Gasteiger partial charge on any atom is 0.246 e. The van der Waals surface area contributed by atoms with E-state index in [0.717, 1.165) is 30.8 Å². The first-order valence-corrected chi connectivity index (χ1v) is 12.7. The van der Waals surface area contributed by atoms with E-state index in [2.05, 4.69) is 17.0 Å². The summed E-state index contributed by atoms with van der Waals surface area (Å²) in [6.07, 6.45) is 1.60. The average molecular weight is 444 g/mol. The van der Waals surface area contributed by atoms with Crippen molar-refractivity contribution in [2.75, 3.05) is 36.7 Å². The van der Waals surface area contributed by atoms with Gasteiger partial charge in [0.2, 0.25) is 15.9 Å². The summed E-state index contributed by atoms with van der Waals surface area (Å²) < 4.78 is 26.8. The van der Waals surface area contributed by atoms with Crippen LogP contribution in [0.2, 0.25) is 0 Å². The summed E-state index contributed by atoms with van der Waals surface area (Å²) in [6, 6.07) is 15.2. The van der Waals surface area contributed by atoms with E-state index in [1.807, 2.05) is 62.1 Å². The molecule has 0 spiro atoms. The topological polar surface area (TPSA) is 60.9 Å². The van der Waals surface area contributed by atoms with E-state index in [4.69, 9.17) is 0 Å². The summed E-state index contributed by atoms with van der Waals surface area (Å²) in [5, 5.41) is 0. The molecule has 6 nitrogen and oxygen atoms in total. The van der Waals surface area contributed by atoms with Gasteiger partial charge in [0.25, 0.3) is 0 Å². The lowest BCUT2D eigenvalue weighted by atomic mass is 10.1. The first-order chi connectivity index (χ1) is 14.7. The molecule has 1 aliphatic rings. The maximum atomic E-state index is 13.4. The Kier molecular flexibility index (Phi) is 7.38. The Labute approximate surface area is 186 Å². The van der Waals surface area contributed by atoms with Crippen LogP contribution >= 0.6 is 0 Å². The van der Waals surface area contributed by atoms with Gasteiger partial charge in [0, 0.05) is 32.7 Å². The molecule has 1 amide bonds. The fraction of sp³-hybridized carbons (Fsp3) is 0.458. The summed E-state index contributed by atoms with van der Waals surface area (Å²) in [5.74, 6) is -0.119. The van der Waals surface area contributed by atoms with Crippen LogP contribution in [-0.4, -0.2) is 62.6 Å². The number of carbonyl (C=O) groups excluding carboxylic acids is 1. The van der Waals surface area contributed by atoms with E-state index in [0.29, 0.717) is 25.2 Å². The highest BCUT2D eigenvalue weighted by molar-refractivity contribution is 7.92. The summed E-state index contributed by atoms with van der Waals surface area (Å²) in [7, 11) is -3.62. The zero-order valence-electron chi connectivity index (χ0n) is 18.9. The van der Waals surface area contributed by atoms with E-state index in [1.54, 1.807) is 0 Å². The number of carbonyl (C=O) groups is 1. The summed E-state index contributed by atoms with van der Waals surface area (Å²) >= 11 is 0. The Hall–Kier alpha value is -2.38. The van der Waals surface area contributed by atoms with Gasteiger partial charge in [-0.15, -0.1) is 0 Å². The van der Waals surface area contributed by atoms with Crippen LogP contribution in [0.15, 0.2) is 48.5 Å². The van der Waals surface area contributed by atoms with Crippen molar-refractivity contribution in [2.24, 2.45) is 0 Å². The molecule has 168 valence electrons. The zero-order chi connectivity index (χ0) is 22.6. The summed E-state index contributed by atoms with van der Waals surface area (Å²) in [4.78, 5) is 17.6. The monoisotopic (exact) mass is 443 g/mol. The number of piperazine rings is 1. The number of anilines is 1. The number of rotatable bonds is 7. The van der Waals surface area contributed by atoms with Crippen molar-refractivity contribution >= 4 is 21.6 Å². The second-order valence-corrected chi connectivity index (χ2v) is 10.3. The van der Waals surface area contributed by atoms with Crippen molar-refractivity contribution in [3.8, 4) is 0 Å². The number of benzene rings is 2. The number of hydrogen-bond donors (Lipinski definition) is 0. The van der Waals surface area contributed by atoms with Gasteiger partial charge in [0.05, 0.1) is 11.9 Å². The third kappa shape index (κ3) is 5.86. The Morgan fingerprint density at radius 3 is 2.10 bits per heavy atom. The third-order valence-electron chi connectivity index (χ3n) is 5.71. The average Bonchev–Trinajstić information content (AvgIpc) is 2.71. The van der Waals surface area contributed by atoms with E-state index in [1.165, 1.54) is 16.1 Å². The molecule has 1 heterocycles. The first kappa shape index (κ1) is 23.3. The second kappa shape index (κ2) is 9.83. The van der Waals surface area contributed by atoms with Crippen molar-refractivity contribution < 1.29 is 13.2 Å². The molecule has 1 fully saturated rings. The Balaban J connectivity index is 1.75. The van der Waals surface area contributed by atoms with Crippen LogP contribution in [0.3, 0.4) is 0 Å². The Bertz CT molecular complexity index is 980. The highest BCUT2D eigenvalue weighted by Gasteiger charge is 2.35. The van der Waals surface area contributed by atoms with Gasteiger partial charge in [0.15, 0.2) is 0 Å². The van der Waals surface area contributed by atoms with Gasteiger partial charge in [-0.3, -0.25) is 14.0 Å². The predicted molar refractivity (Wildman–Crippen MR) is 126 cm³/mol. The third-order valence-corrected chi connectivity index (χ3v) is 6.89. The molecular formula is C24H33N3O3S. The number of aryl methyl sites for hydroxylation is 2. The van der Waals surface area contributed by atoms with Crippen LogP contribution in [0, 0.1) is 13.8 Å². The highest BCUT2D eigenvalue weighted by Crippen LogP contribution is 2.26. The van der Waals surface area contributed by atoms with Crippen LogP contribution in [0.25, 0.3) is 0 Å². The van der Waals surface area contributed by atoms with Gasteiger partial charge in [-0.1, -0.05) is 43.3 Å². The molecule has 2 aromatic carbocycles. The molecule has 0 N–H and O–H groups in total. The minimum Gasteiger partial charge on any atom is -0.338 e. The fourth-order valence-corrected chi connectivity index (χ4v) is 5.49. The quantitative estimate of drug-likeness (QED) is 0.659. The van der Waals surface area contributed by atoms with Gasteiger partial charge in [0.1, 0.15) is 6.04 Å². The number of sulfonamides is 1. The van der Waals surface area contributed by atoms with E-state index >= 15 is 0 Å². The molecule has 0 saturated carbocycles. The number of hydrogen-bond acceptors (Lipinski definition) is 4. The second-order valence-electron chi connectivity index (χ2n) is 8.42. The van der Waals surface area contributed by atoms with Gasteiger partial charge in [-0.2, -0.15) is 0 Å². The maximum absolute atomic E-state index is 13.4. The lowest BCUT2D eigenvalue weighted by molar-refractivity contribution is -0.134. The minimum atomic E-state index is -3.62. The molecule has 0 bridgehead atoms. The molecule has 3 rings (SSSR count). The molecule has 31 heavy (non-hydrogen) atoms. The SMILES string of the molecule is CC[C@@H](C(=O)N1CCN(Cc2ccccc2)CC1)N(c1cc(C)cc(C)c1)S(C)(=O)=O. The van der Waals surface area contributed by atoms with Gasteiger partial charge in [-0.25, -0.2) is 8.42 Å². The van der Waals surface area contributed by atoms with Crippen molar-refractivity contribution in [1.82, 2.24) is 9.80 Å². The summed E-state index contributed by atoms with van der Waals surface area (Å²) in [6.45, 7) is 9.36. The van der Waals surface area contributed by atoms with Gasteiger partial charge < -0.3 is 4.90 Å². The molecule has 0 radical (unpaired) electrons.